The summed E-state index contributed by atoms with van der Waals surface area (Å²) < 4.78 is 27.3. The zero-order valence-corrected chi connectivity index (χ0v) is 15.8. The van der Waals surface area contributed by atoms with Crippen molar-refractivity contribution < 1.29 is 8.78 Å². The van der Waals surface area contributed by atoms with Crippen LogP contribution in [0.1, 0.15) is 25.8 Å². The molecule has 1 aliphatic heterocycles. The number of rotatable bonds is 3. The van der Waals surface area contributed by atoms with Crippen molar-refractivity contribution in [3.05, 3.63) is 40.6 Å². The molecule has 0 radical (unpaired) electrons. The number of amidine groups is 1. The average molecular weight is 414 g/mol. The summed E-state index contributed by atoms with van der Waals surface area (Å²) in [6.07, 6.45) is 2.33. The molecule has 0 aromatic heterocycles. The van der Waals surface area contributed by atoms with Gasteiger partial charge in [0.2, 0.25) is 5.96 Å². The Morgan fingerprint density at radius 3 is 2.84 bits per heavy atom. The molecular formula is C17H22BrF2N5. The number of nitrogens with one attached hydrogen (secondary N) is 1. The van der Waals surface area contributed by atoms with E-state index in [0.29, 0.717) is 18.7 Å². The molecular weight excluding hydrogens is 392 g/mol. The highest BCUT2D eigenvalue weighted by Gasteiger charge is 2.22. The summed E-state index contributed by atoms with van der Waals surface area (Å²) in [6.45, 7) is 3.71. The molecule has 1 aromatic rings. The number of guanidine groups is 1. The SMILES string of the molecule is CC(F)[C@@H](C)N=C(N=C(/C=C\F)N1CCCc2c(Br)cccc21)NN. The Kier molecular flexibility index (Phi) is 7.07. The molecule has 2 atom stereocenters. The predicted molar refractivity (Wildman–Crippen MR) is 102 cm³/mol. The van der Waals surface area contributed by atoms with Crippen LogP contribution < -0.4 is 16.2 Å². The first kappa shape index (κ1) is 19.5. The molecule has 1 aromatic carbocycles. The minimum atomic E-state index is -1.15. The van der Waals surface area contributed by atoms with Crippen LogP contribution in [0.2, 0.25) is 0 Å². The van der Waals surface area contributed by atoms with Crippen LogP contribution in [0.25, 0.3) is 0 Å². The Balaban J connectivity index is 2.44. The van der Waals surface area contributed by atoms with Gasteiger partial charge in [-0.25, -0.2) is 19.6 Å². The number of hydrazine groups is 1. The lowest BCUT2D eigenvalue weighted by molar-refractivity contribution is 0.318. The van der Waals surface area contributed by atoms with Gasteiger partial charge < -0.3 is 4.90 Å². The van der Waals surface area contributed by atoms with Crippen LogP contribution >= 0.6 is 15.9 Å². The highest BCUT2D eigenvalue weighted by atomic mass is 79.9. The number of aliphatic imine (C=N–C) groups is 2. The largest absolute Gasteiger partial charge is 0.326 e. The Labute approximate surface area is 154 Å². The van der Waals surface area contributed by atoms with Gasteiger partial charge in [-0.05, 0) is 44.4 Å². The number of alkyl halides is 1. The first-order valence-corrected chi connectivity index (χ1v) is 8.86. The fourth-order valence-corrected chi connectivity index (χ4v) is 3.12. The summed E-state index contributed by atoms with van der Waals surface area (Å²) in [6, 6.07) is 5.23. The molecule has 25 heavy (non-hydrogen) atoms. The Morgan fingerprint density at radius 2 is 2.20 bits per heavy atom. The Bertz CT molecular complexity index is 688. The van der Waals surface area contributed by atoms with Crippen molar-refractivity contribution in [3.8, 4) is 0 Å². The molecule has 2 rings (SSSR count). The topological polar surface area (TPSA) is 66.0 Å². The van der Waals surface area contributed by atoms with Crippen molar-refractivity contribution in [2.75, 3.05) is 11.4 Å². The summed E-state index contributed by atoms with van der Waals surface area (Å²) in [4.78, 5) is 10.3. The monoisotopic (exact) mass is 413 g/mol. The van der Waals surface area contributed by atoms with Gasteiger partial charge in [0.15, 0.2) is 0 Å². The molecule has 1 aliphatic rings. The quantitative estimate of drug-likeness (QED) is 0.344. The fraction of sp³-hybridized carbons (Fsp3) is 0.412. The first-order chi connectivity index (χ1) is 12.0. The maximum atomic E-state index is 13.4. The second kappa shape index (κ2) is 9.05. The van der Waals surface area contributed by atoms with Gasteiger partial charge in [-0.1, -0.05) is 22.0 Å². The molecule has 0 bridgehead atoms. The Morgan fingerprint density at radius 1 is 1.44 bits per heavy atom. The van der Waals surface area contributed by atoms with Crippen LogP contribution in [0.15, 0.2) is 45.1 Å². The van der Waals surface area contributed by atoms with E-state index >= 15 is 0 Å². The van der Waals surface area contributed by atoms with E-state index in [4.69, 9.17) is 5.84 Å². The predicted octanol–water partition coefficient (Wildman–Crippen LogP) is 3.65. The fourth-order valence-electron chi connectivity index (χ4n) is 2.57. The Hall–Kier alpha value is -1.80. The van der Waals surface area contributed by atoms with Gasteiger partial charge in [0.25, 0.3) is 0 Å². The van der Waals surface area contributed by atoms with E-state index in [9.17, 15) is 8.78 Å². The smallest absolute Gasteiger partial charge is 0.234 e. The number of benzene rings is 1. The van der Waals surface area contributed by atoms with Crippen LogP contribution in [0, 0.1) is 0 Å². The van der Waals surface area contributed by atoms with Crippen LogP contribution in [0.5, 0.6) is 0 Å². The normalized spacial score (nSPS) is 18.2. The number of hydrogen-bond acceptors (Lipinski definition) is 2. The highest BCUT2D eigenvalue weighted by Crippen LogP contribution is 2.33. The summed E-state index contributed by atoms with van der Waals surface area (Å²) in [5, 5.41) is 0. The standard InChI is InChI=1S/C17H22BrF2N5/c1-11(20)12(2)22-17(24-21)23-16(8-9-19)25-10-4-5-13-14(18)6-3-7-15(13)25/h3,6-9,11-12H,4-5,10,21H2,1-2H3,(H,22,24)/b9-8-,23-16?/t11?,12-/m1/s1. The molecule has 3 N–H and O–H groups in total. The number of nitrogens with zero attached hydrogens (tertiary/aromatic N) is 3. The lowest BCUT2D eigenvalue weighted by atomic mass is 10.0. The number of hydrogen-bond donors (Lipinski definition) is 2. The number of halogens is 3. The van der Waals surface area contributed by atoms with Crippen molar-refractivity contribution in [2.24, 2.45) is 15.8 Å². The minimum Gasteiger partial charge on any atom is -0.326 e. The van der Waals surface area contributed by atoms with E-state index in [-0.39, 0.29) is 5.96 Å². The van der Waals surface area contributed by atoms with E-state index in [1.54, 1.807) is 6.92 Å². The van der Waals surface area contributed by atoms with Gasteiger partial charge in [-0.2, -0.15) is 4.99 Å². The lowest BCUT2D eigenvalue weighted by Gasteiger charge is -2.31. The van der Waals surface area contributed by atoms with Crippen molar-refractivity contribution in [3.63, 3.8) is 0 Å². The van der Waals surface area contributed by atoms with Gasteiger partial charge in [0.05, 0.1) is 12.4 Å². The second-order valence-electron chi connectivity index (χ2n) is 5.77. The van der Waals surface area contributed by atoms with Gasteiger partial charge >= 0.3 is 0 Å². The van der Waals surface area contributed by atoms with E-state index in [1.807, 2.05) is 23.1 Å². The molecule has 0 amide bonds. The highest BCUT2D eigenvalue weighted by molar-refractivity contribution is 9.10. The van der Waals surface area contributed by atoms with Crippen LogP contribution in [0.3, 0.4) is 0 Å². The van der Waals surface area contributed by atoms with Crippen LogP contribution in [-0.2, 0) is 6.42 Å². The molecule has 5 nitrogen and oxygen atoms in total. The van der Waals surface area contributed by atoms with Crippen molar-refractivity contribution in [1.82, 2.24) is 5.43 Å². The molecule has 8 heteroatoms. The van der Waals surface area contributed by atoms with Gasteiger partial charge in [-0.3, -0.25) is 5.43 Å². The van der Waals surface area contributed by atoms with Crippen molar-refractivity contribution >= 4 is 33.4 Å². The van der Waals surface area contributed by atoms with Gasteiger partial charge in [0.1, 0.15) is 12.0 Å². The first-order valence-electron chi connectivity index (χ1n) is 8.06. The molecule has 0 saturated carbocycles. The van der Waals surface area contributed by atoms with E-state index in [0.717, 1.165) is 28.6 Å². The number of nitrogens with two attached hydrogens (primary N) is 1. The molecule has 0 saturated heterocycles. The molecule has 0 fully saturated rings. The van der Waals surface area contributed by atoms with Crippen molar-refractivity contribution in [2.45, 2.75) is 38.9 Å². The van der Waals surface area contributed by atoms with Crippen molar-refractivity contribution in [1.29, 1.82) is 0 Å². The third-order valence-electron chi connectivity index (χ3n) is 4.02. The summed E-state index contributed by atoms with van der Waals surface area (Å²) >= 11 is 3.55. The molecule has 0 spiro atoms. The summed E-state index contributed by atoms with van der Waals surface area (Å²) in [5.74, 6) is 5.85. The minimum absolute atomic E-state index is 0.0484. The van der Waals surface area contributed by atoms with E-state index in [1.165, 1.54) is 13.0 Å². The number of fused-ring (bicyclic) bond motifs is 1. The third-order valence-corrected chi connectivity index (χ3v) is 4.77. The van der Waals surface area contributed by atoms with Crippen LogP contribution in [-0.4, -0.2) is 30.6 Å². The molecule has 1 unspecified atom stereocenters. The van der Waals surface area contributed by atoms with Gasteiger partial charge in [0, 0.05) is 22.8 Å². The molecule has 136 valence electrons. The maximum absolute atomic E-state index is 13.4. The zero-order valence-electron chi connectivity index (χ0n) is 14.2. The lowest BCUT2D eigenvalue weighted by Crippen LogP contribution is -2.38. The number of anilines is 1. The van der Waals surface area contributed by atoms with E-state index in [2.05, 4.69) is 31.3 Å². The van der Waals surface area contributed by atoms with Gasteiger partial charge in [-0.15, -0.1) is 0 Å². The molecule has 1 heterocycles. The maximum Gasteiger partial charge on any atom is 0.234 e. The second-order valence-corrected chi connectivity index (χ2v) is 6.62. The zero-order chi connectivity index (χ0) is 18.4. The third kappa shape index (κ3) is 4.85. The summed E-state index contributed by atoms with van der Waals surface area (Å²) in [5.41, 5.74) is 4.44. The van der Waals surface area contributed by atoms with E-state index < -0.39 is 12.2 Å². The molecule has 0 aliphatic carbocycles. The average Bonchev–Trinajstić information content (AvgIpc) is 2.60. The van der Waals surface area contributed by atoms with Crippen LogP contribution in [0.4, 0.5) is 14.5 Å². The summed E-state index contributed by atoms with van der Waals surface area (Å²) in [7, 11) is 0.